The fourth-order valence-corrected chi connectivity index (χ4v) is 3.19. The molecule has 0 amide bonds. The second-order valence-corrected chi connectivity index (χ2v) is 7.25. The lowest BCUT2D eigenvalue weighted by Crippen LogP contribution is -2.28. The van der Waals surface area contributed by atoms with Crippen LogP contribution in [-0.4, -0.2) is 20.5 Å². The highest BCUT2D eigenvalue weighted by molar-refractivity contribution is 7.89. The minimum absolute atomic E-state index is 0.126. The Hall–Kier alpha value is -1.07. The summed E-state index contributed by atoms with van der Waals surface area (Å²) in [6.45, 7) is 6.27. The number of nitrogens with one attached hydrogen (secondary N) is 2. The maximum atomic E-state index is 12.3. The predicted octanol–water partition coefficient (Wildman–Crippen LogP) is 2.58. The lowest BCUT2D eigenvalue weighted by Gasteiger charge is -2.21. The highest BCUT2D eigenvalue weighted by Gasteiger charge is 2.29. The van der Waals surface area contributed by atoms with Crippen LogP contribution >= 0.6 is 0 Å². The van der Waals surface area contributed by atoms with Crippen LogP contribution in [0.4, 0.5) is 5.69 Å². The summed E-state index contributed by atoms with van der Waals surface area (Å²) in [5, 5.41) is 3.29. The Morgan fingerprint density at radius 2 is 1.79 bits per heavy atom. The Morgan fingerprint density at radius 3 is 2.37 bits per heavy atom. The van der Waals surface area contributed by atoms with E-state index < -0.39 is 10.0 Å². The van der Waals surface area contributed by atoms with E-state index in [1.165, 1.54) is 0 Å². The molecule has 1 fully saturated rings. The maximum absolute atomic E-state index is 12.3. The molecule has 0 bridgehead atoms. The average Bonchev–Trinajstić information content (AvgIpc) is 3.12. The van der Waals surface area contributed by atoms with Crippen molar-refractivity contribution >= 4 is 15.7 Å². The first kappa shape index (κ1) is 14.3. The van der Waals surface area contributed by atoms with E-state index in [0.29, 0.717) is 16.5 Å². The van der Waals surface area contributed by atoms with E-state index >= 15 is 0 Å². The first-order valence-corrected chi connectivity index (χ1v) is 8.26. The molecular weight excluding hydrogens is 260 g/mol. The Morgan fingerprint density at radius 1 is 1.16 bits per heavy atom. The zero-order chi connectivity index (χ0) is 14.0. The summed E-state index contributed by atoms with van der Waals surface area (Å²) in [6, 6.07) is 7.43. The average molecular weight is 282 g/mol. The van der Waals surface area contributed by atoms with Crippen LogP contribution in [0.15, 0.2) is 29.2 Å². The molecule has 4 nitrogen and oxygen atoms in total. The molecular formula is C14H22N2O2S. The van der Waals surface area contributed by atoms with Gasteiger partial charge in [0.2, 0.25) is 10.0 Å². The highest BCUT2D eigenvalue weighted by Crippen LogP contribution is 2.26. The Labute approximate surface area is 115 Å². The van der Waals surface area contributed by atoms with Crippen molar-refractivity contribution in [2.75, 3.05) is 5.32 Å². The Kier molecular flexibility index (Phi) is 4.16. The van der Waals surface area contributed by atoms with Gasteiger partial charge in [-0.05, 0) is 37.8 Å². The number of anilines is 1. The zero-order valence-electron chi connectivity index (χ0n) is 11.7. The summed E-state index contributed by atoms with van der Waals surface area (Å²) in [6.07, 6.45) is 1.88. The Balaban J connectivity index is 2.24. The second kappa shape index (κ2) is 5.51. The minimum atomic E-state index is -3.41. The molecule has 0 heterocycles. The van der Waals surface area contributed by atoms with E-state index in [1.807, 2.05) is 12.1 Å². The molecule has 106 valence electrons. The predicted molar refractivity (Wildman–Crippen MR) is 77.7 cm³/mol. The van der Waals surface area contributed by atoms with Gasteiger partial charge in [0.05, 0.1) is 5.69 Å². The lowest BCUT2D eigenvalue weighted by molar-refractivity contribution is 0.557. The molecule has 1 aromatic rings. The third-order valence-corrected chi connectivity index (χ3v) is 5.04. The van der Waals surface area contributed by atoms with Crippen LogP contribution in [0.25, 0.3) is 0 Å². The fraction of sp³-hybridized carbons (Fsp3) is 0.571. The van der Waals surface area contributed by atoms with E-state index in [2.05, 4.69) is 30.8 Å². The second-order valence-electron chi connectivity index (χ2n) is 5.57. The molecule has 1 unspecified atom stereocenters. The fourth-order valence-electron chi connectivity index (χ4n) is 1.72. The molecule has 1 atom stereocenters. The summed E-state index contributed by atoms with van der Waals surface area (Å²) < 4.78 is 27.3. The van der Waals surface area contributed by atoms with Gasteiger partial charge in [-0.3, -0.25) is 0 Å². The van der Waals surface area contributed by atoms with Crippen molar-refractivity contribution < 1.29 is 8.42 Å². The number of benzene rings is 1. The van der Waals surface area contributed by atoms with Crippen LogP contribution in [0.3, 0.4) is 0 Å². The maximum Gasteiger partial charge on any atom is 0.242 e. The molecule has 5 heteroatoms. The molecule has 1 aromatic carbocycles. The number of para-hydroxylation sites is 1. The summed E-state index contributed by atoms with van der Waals surface area (Å²) in [5.41, 5.74) is 0.678. The van der Waals surface area contributed by atoms with Gasteiger partial charge in [-0.2, -0.15) is 0 Å². The topological polar surface area (TPSA) is 58.2 Å². The van der Waals surface area contributed by atoms with Gasteiger partial charge in [0.15, 0.2) is 0 Å². The summed E-state index contributed by atoms with van der Waals surface area (Å²) in [7, 11) is -3.41. The van der Waals surface area contributed by atoms with E-state index in [9.17, 15) is 8.42 Å². The highest BCUT2D eigenvalue weighted by atomic mass is 32.2. The molecule has 0 aliphatic heterocycles. The van der Waals surface area contributed by atoms with E-state index in [-0.39, 0.29) is 12.1 Å². The standard InChI is InChI=1S/C14H22N2O2S/c1-10(2)11(3)15-13-6-4-5-7-14(13)19(17,18)16-12-8-9-12/h4-7,10-12,15-16H,8-9H2,1-3H3. The van der Waals surface area contributed by atoms with Crippen molar-refractivity contribution in [2.24, 2.45) is 5.92 Å². The molecule has 19 heavy (non-hydrogen) atoms. The van der Waals surface area contributed by atoms with E-state index in [0.717, 1.165) is 12.8 Å². The first-order valence-electron chi connectivity index (χ1n) is 6.78. The normalized spacial score (nSPS) is 17.5. The van der Waals surface area contributed by atoms with Gasteiger partial charge in [0.1, 0.15) is 4.90 Å². The summed E-state index contributed by atoms with van der Waals surface area (Å²) >= 11 is 0. The van der Waals surface area contributed by atoms with Crippen molar-refractivity contribution in [2.45, 2.75) is 50.6 Å². The third-order valence-electron chi connectivity index (χ3n) is 3.46. The molecule has 2 N–H and O–H groups in total. The smallest absolute Gasteiger partial charge is 0.242 e. The molecule has 0 radical (unpaired) electrons. The van der Waals surface area contributed by atoms with E-state index in [4.69, 9.17) is 0 Å². The molecule has 1 aliphatic rings. The first-order chi connectivity index (χ1) is 8.90. The van der Waals surface area contributed by atoms with Crippen LogP contribution in [0.5, 0.6) is 0 Å². The van der Waals surface area contributed by atoms with Gasteiger partial charge >= 0.3 is 0 Å². The van der Waals surface area contributed by atoms with Gasteiger partial charge in [0, 0.05) is 12.1 Å². The quantitative estimate of drug-likeness (QED) is 0.843. The van der Waals surface area contributed by atoms with Gasteiger partial charge in [-0.15, -0.1) is 0 Å². The molecule has 2 rings (SSSR count). The van der Waals surface area contributed by atoms with Gasteiger partial charge in [-0.1, -0.05) is 26.0 Å². The SMILES string of the molecule is CC(C)C(C)Nc1ccccc1S(=O)(=O)NC1CC1. The van der Waals surface area contributed by atoms with Crippen molar-refractivity contribution in [3.8, 4) is 0 Å². The van der Waals surface area contributed by atoms with Crippen LogP contribution in [-0.2, 0) is 10.0 Å². The monoisotopic (exact) mass is 282 g/mol. The van der Waals surface area contributed by atoms with Crippen LogP contribution in [0.2, 0.25) is 0 Å². The lowest BCUT2D eigenvalue weighted by atomic mass is 10.1. The van der Waals surface area contributed by atoms with Gasteiger partial charge in [0.25, 0.3) is 0 Å². The number of hydrogen-bond donors (Lipinski definition) is 2. The van der Waals surface area contributed by atoms with Crippen LogP contribution in [0, 0.1) is 5.92 Å². The van der Waals surface area contributed by atoms with E-state index in [1.54, 1.807) is 12.1 Å². The zero-order valence-corrected chi connectivity index (χ0v) is 12.5. The van der Waals surface area contributed by atoms with Crippen molar-refractivity contribution in [1.29, 1.82) is 0 Å². The molecule has 1 saturated carbocycles. The van der Waals surface area contributed by atoms with Crippen molar-refractivity contribution in [1.82, 2.24) is 4.72 Å². The van der Waals surface area contributed by atoms with Crippen LogP contribution < -0.4 is 10.0 Å². The molecule has 0 spiro atoms. The summed E-state index contributed by atoms with van der Waals surface area (Å²) in [5.74, 6) is 0.437. The third kappa shape index (κ3) is 3.70. The Bertz CT molecular complexity index is 536. The largest absolute Gasteiger partial charge is 0.381 e. The van der Waals surface area contributed by atoms with Crippen molar-refractivity contribution in [3.05, 3.63) is 24.3 Å². The van der Waals surface area contributed by atoms with Crippen molar-refractivity contribution in [3.63, 3.8) is 0 Å². The minimum Gasteiger partial charge on any atom is -0.381 e. The number of sulfonamides is 1. The van der Waals surface area contributed by atoms with Crippen LogP contribution in [0.1, 0.15) is 33.6 Å². The molecule has 1 aliphatic carbocycles. The van der Waals surface area contributed by atoms with Gasteiger partial charge < -0.3 is 5.32 Å². The molecule has 0 aromatic heterocycles. The number of rotatable bonds is 6. The summed E-state index contributed by atoms with van der Waals surface area (Å²) in [4.78, 5) is 0.342. The number of hydrogen-bond acceptors (Lipinski definition) is 3. The van der Waals surface area contributed by atoms with Gasteiger partial charge in [-0.25, -0.2) is 13.1 Å². The molecule has 0 saturated heterocycles.